The third kappa shape index (κ3) is 2.55. The van der Waals surface area contributed by atoms with Gasteiger partial charge in [-0.05, 0) is 24.0 Å². The Bertz CT molecular complexity index is 413. The fraction of sp³-hybridized carbons (Fsp3) is 0.500. The third-order valence-corrected chi connectivity index (χ3v) is 3.12. The number of anilines is 1. The Hall–Kier alpha value is -1.62. The molecule has 1 aromatic rings. The number of nitrogen functional groups attached to an aromatic ring is 1. The molecule has 1 aromatic heterocycles. The van der Waals surface area contributed by atoms with Crippen molar-refractivity contribution in [3.63, 3.8) is 0 Å². The van der Waals surface area contributed by atoms with E-state index in [1.54, 1.807) is 18.3 Å². The Morgan fingerprint density at radius 2 is 2.29 bits per heavy atom. The fourth-order valence-corrected chi connectivity index (χ4v) is 2.07. The fourth-order valence-electron chi connectivity index (χ4n) is 2.07. The van der Waals surface area contributed by atoms with Crippen LogP contribution in [0.25, 0.3) is 0 Å². The van der Waals surface area contributed by atoms with Crippen LogP contribution in [0.15, 0.2) is 18.3 Å². The molecule has 1 aliphatic heterocycles. The number of nitrogens with one attached hydrogen (secondary N) is 1. The number of nitrogens with zero attached hydrogens (tertiary/aromatic N) is 2. The number of likely N-dealkylation sites (tertiary alicyclic amines) is 1. The quantitative estimate of drug-likeness (QED) is 0.596. The van der Waals surface area contributed by atoms with E-state index in [1.807, 2.05) is 4.90 Å². The molecule has 0 saturated carbocycles. The number of hydrogen-bond donors (Lipinski definition) is 2. The lowest BCUT2D eigenvalue weighted by atomic mass is 9.93. The molecule has 0 aromatic carbocycles. The zero-order chi connectivity index (χ0) is 12.5. The van der Waals surface area contributed by atoms with Crippen molar-refractivity contribution in [2.24, 2.45) is 11.3 Å². The maximum atomic E-state index is 12.2. The highest BCUT2D eigenvalue weighted by Gasteiger charge is 2.32. The second-order valence-corrected chi connectivity index (χ2v) is 5.22. The minimum Gasteiger partial charge on any atom is -0.338 e. The topological polar surface area (TPSA) is 71.2 Å². The van der Waals surface area contributed by atoms with Crippen molar-refractivity contribution >= 4 is 11.7 Å². The number of nitrogens with two attached hydrogens (primary N) is 1. The first kappa shape index (κ1) is 11.9. The van der Waals surface area contributed by atoms with Crippen LogP contribution >= 0.6 is 0 Å². The van der Waals surface area contributed by atoms with Gasteiger partial charge in [-0.3, -0.25) is 4.79 Å². The molecular weight excluding hydrogens is 216 g/mol. The largest absolute Gasteiger partial charge is 0.338 e. The molecule has 0 spiro atoms. The number of amides is 1. The van der Waals surface area contributed by atoms with Crippen LogP contribution < -0.4 is 11.3 Å². The van der Waals surface area contributed by atoms with Gasteiger partial charge in [0.15, 0.2) is 0 Å². The highest BCUT2D eigenvalue weighted by atomic mass is 16.2. The molecule has 0 unspecified atom stereocenters. The SMILES string of the molecule is CC1(C)CCN(C(=O)c2ccc(NN)nc2)C1. The van der Waals surface area contributed by atoms with E-state index >= 15 is 0 Å². The minimum absolute atomic E-state index is 0.0478. The predicted molar refractivity (Wildman–Crippen MR) is 66.3 cm³/mol. The molecule has 1 amide bonds. The highest BCUT2D eigenvalue weighted by molar-refractivity contribution is 5.94. The van der Waals surface area contributed by atoms with Crippen molar-refractivity contribution in [2.45, 2.75) is 20.3 Å². The molecule has 5 nitrogen and oxygen atoms in total. The van der Waals surface area contributed by atoms with Crippen LogP contribution in [-0.2, 0) is 0 Å². The number of carbonyl (C=O) groups excluding carboxylic acids is 1. The molecule has 0 atom stereocenters. The average Bonchev–Trinajstić information content (AvgIpc) is 2.69. The van der Waals surface area contributed by atoms with Gasteiger partial charge in [0.05, 0.1) is 5.56 Å². The first-order chi connectivity index (χ1) is 8.02. The zero-order valence-corrected chi connectivity index (χ0v) is 10.2. The molecular formula is C12H18N4O. The first-order valence-corrected chi connectivity index (χ1v) is 5.74. The Morgan fingerprint density at radius 3 is 2.76 bits per heavy atom. The van der Waals surface area contributed by atoms with Crippen LogP contribution in [0, 0.1) is 5.41 Å². The maximum Gasteiger partial charge on any atom is 0.255 e. The normalized spacial score (nSPS) is 18.2. The van der Waals surface area contributed by atoms with Crippen molar-refractivity contribution in [1.29, 1.82) is 0 Å². The summed E-state index contributed by atoms with van der Waals surface area (Å²) >= 11 is 0. The Labute approximate surface area is 101 Å². The minimum atomic E-state index is 0.0478. The molecule has 0 radical (unpaired) electrons. The Kier molecular flexibility index (Phi) is 3.02. The van der Waals surface area contributed by atoms with Gasteiger partial charge in [0.2, 0.25) is 0 Å². The van der Waals surface area contributed by atoms with E-state index in [1.165, 1.54) is 0 Å². The van der Waals surface area contributed by atoms with Gasteiger partial charge in [-0.15, -0.1) is 0 Å². The molecule has 92 valence electrons. The van der Waals surface area contributed by atoms with Gasteiger partial charge in [-0.1, -0.05) is 13.8 Å². The zero-order valence-electron chi connectivity index (χ0n) is 10.2. The van der Waals surface area contributed by atoms with Crippen LogP contribution in [0.4, 0.5) is 5.82 Å². The van der Waals surface area contributed by atoms with Crippen molar-refractivity contribution in [3.05, 3.63) is 23.9 Å². The van der Waals surface area contributed by atoms with E-state index in [4.69, 9.17) is 5.84 Å². The van der Waals surface area contributed by atoms with E-state index < -0.39 is 0 Å². The van der Waals surface area contributed by atoms with Crippen LogP contribution in [0.5, 0.6) is 0 Å². The summed E-state index contributed by atoms with van der Waals surface area (Å²) in [5, 5.41) is 0. The number of hydrazine groups is 1. The molecule has 1 aliphatic rings. The summed E-state index contributed by atoms with van der Waals surface area (Å²) in [6.07, 6.45) is 2.61. The molecule has 17 heavy (non-hydrogen) atoms. The van der Waals surface area contributed by atoms with E-state index in [-0.39, 0.29) is 11.3 Å². The molecule has 1 saturated heterocycles. The summed E-state index contributed by atoms with van der Waals surface area (Å²) in [5.74, 6) is 5.83. The summed E-state index contributed by atoms with van der Waals surface area (Å²) < 4.78 is 0. The predicted octanol–water partition coefficient (Wildman–Crippen LogP) is 1.24. The molecule has 2 heterocycles. The summed E-state index contributed by atoms with van der Waals surface area (Å²) in [6.45, 7) is 5.99. The number of rotatable bonds is 2. The molecule has 3 N–H and O–H groups in total. The second-order valence-electron chi connectivity index (χ2n) is 5.22. The van der Waals surface area contributed by atoms with Crippen LogP contribution in [0.1, 0.15) is 30.6 Å². The van der Waals surface area contributed by atoms with Gasteiger partial charge in [-0.25, -0.2) is 10.8 Å². The number of carbonyl (C=O) groups is 1. The van der Waals surface area contributed by atoms with Gasteiger partial charge in [-0.2, -0.15) is 0 Å². The van der Waals surface area contributed by atoms with Crippen molar-refractivity contribution in [3.8, 4) is 0 Å². The van der Waals surface area contributed by atoms with E-state index in [9.17, 15) is 4.79 Å². The summed E-state index contributed by atoms with van der Waals surface area (Å²) in [6, 6.07) is 3.45. The summed E-state index contributed by atoms with van der Waals surface area (Å²) in [5.41, 5.74) is 3.28. The molecule has 2 rings (SSSR count). The van der Waals surface area contributed by atoms with Gasteiger partial charge < -0.3 is 10.3 Å². The maximum absolute atomic E-state index is 12.2. The second kappa shape index (κ2) is 4.33. The Morgan fingerprint density at radius 1 is 1.53 bits per heavy atom. The standard InChI is InChI=1S/C12H18N4O/c1-12(2)5-6-16(8-12)11(17)9-3-4-10(15-13)14-7-9/h3-4,7H,5-6,8,13H2,1-2H3,(H,14,15). The van der Waals surface area contributed by atoms with Gasteiger partial charge in [0, 0.05) is 19.3 Å². The van der Waals surface area contributed by atoms with E-state index in [2.05, 4.69) is 24.3 Å². The van der Waals surface area contributed by atoms with Crippen molar-refractivity contribution in [1.82, 2.24) is 9.88 Å². The highest BCUT2D eigenvalue weighted by Crippen LogP contribution is 2.29. The van der Waals surface area contributed by atoms with Crippen molar-refractivity contribution in [2.75, 3.05) is 18.5 Å². The lowest BCUT2D eigenvalue weighted by Crippen LogP contribution is -2.30. The van der Waals surface area contributed by atoms with E-state index in [0.717, 1.165) is 19.5 Å². The molecule has 0 aliphatic carbocycles. The summed E-state index contributed by atoms with van der Waals surface area (Å²) in [4.78, 5) is 18.1. The smallest absolute Gasteiger partial charge is 0.255 e. The lowest BCUT2D eigenvalue weighted by molar-refractivity contribution is 0.0778. The van der Waals surface area contributed by atoms with Gasteiger partial charge in [0.1, 0.15) is 5.82 Å². The molecule has 1 fully saturated rings. The Balaban J connectivity index is 2.09. The van der Waals surface area contributed by atoms with Gasteiger partial charge in [0.25, 0.3) is 5.91 Å². The summed E-state index contributed by atoms with van der Waals surface area (Å²) in [7, 11) is 0. The molecule has 0 bridgehead atoms. The van der Waals surface area contributed by atoms with Crippen LogP contribution in [0.2, 0.25) is 0 Å². The lowest BCUT2D eigenvalue weighted by Gasteiger charge is -2.19. The monoisotopic (exact) mass is 234 g/mol. The van der Waals surface area contributed by atoms with Crippen molar-refractivity contribution < 1.29 is 4.79 Å². The van der Waals surface area contributed by atoms with Crippen LogP contribution in [0.3, 0.4) is 0 Å². The number of hydrogen-bond acceptors (Lipinski definition) is 4. The number of aromatic nitrogens is 1. The van der Waals surface area contributed by atoms with E-state index in [0.29, 0.717) is 11.4 Å². The number of pyridine rings is 1. The van der Waals surface area contributed by atoms with Gasteiger partial charge >= 0.3 is 0 Å². The third-order valence-electron chi connectivity index (χ3n) is 3.12. The van der Waals surface area contributed by atoms with Crippen LogP contribution in [-0.4, -0.2) is 28.9 Å². The first-order valence-electron chi connectivity index (χ1n) is 5.74. The molecule has 5 heteroatoms. The average molecular weight is 234 g/mol.